The first-order valence-corrected chi connectivity index (χ1v) is 8.33. The molecule has 0 spiro atoms. The van der Waals surface area contributed by atoms with Crippen LogP contribution in [-0.2, 0) is 0 Å². The lowest BCUT2D eigenvalue weighted by molar-refractivity contribution is 0.217. The highest BCUT2D eigenvalue weighted by Crippen LogP contribution is 2.24. The van der Waals surface area contributed by atoms with Crippen LogP contribution >= 0.6 is 23.4 Å². The van der Waals surface area contributed by atoms with Crippen molar-refractivity contribution in [3.8, 4) is 5.75 Å². The van der Waals surface area contributed by atoms with Crippen molar-refractivity contribution in [2.24, 2.45) is 0 Å². The second-order valence-corrected chi connectivity index (χ2v) is 5.71. The number of rotatable bonds is 6. The van der Waals surface area contributed by atoms with Gasteiger partial charge in [-0.2, -0.15) is 0 Å². The normalized spacial score (nSPS) is 12.0. The molecule has 1 aromatic heterocycles. The standard InChI is InChI=1S/C15H18ClN3OS/c1-4-10(2)20-12-7-5-6-11(8-12)17-14-9-13(16)18-15(19-14)21-3/h5-10H,4H2,1-3H3,(H,17,18,19). The van der Waals surface area contributed by atoms with E-state index in [2.05, 4.69) is 29.1 Å². The molecular formula is C15H18ClN3OS. The Morgan fingerprint density at radius 1 is 1.33 bits per heavy atom. The Morgan fingerprint density at radius 3 is 2.86 bits per heavy atom. The van der Waals surface area contributed by atoms with E-state index in [1.165, 1.54) is 11.8 Å². The van der Waals surface area contributed by atoms with E-state index < -0.39 is 0 Å². The van der Waals surface area contributed by atoms with Gasteiger partial charge in [-0.3, -0.25) is 0 Å². The third-order valence-electron chi connectivity index (χ3n) is 2.88. The van der Waals surface area contributed by atoms with E-state index in [-0.39, 0.29) is 6.10 Å². The molecule has 1 atom stereocenters. The fraction of sp³-hybridized carbons (Fsp3) is 0.333. The summed E-state index contributed by atoms with van der Waals surface area (Å²) < 4.78 is 5.81. The monoisotopic (exact) mass is 323 g/mol. The van der Waals surface area contributed by atoms with E-state index >= 15 is 0 Å². The maximum atomic E-state index is 5.98. The Bertz CT molecular complexity index is 609. The van der Waals surface area contributed by atoms with Crippen LogP contribution in [0.25, 0.3) is 0 Å². The van der Waals surface area contributed by atoms with Crippen molar-refractivity contribution in [1.29, 1.82) is 0 Å². The maximum Gasteiger partial charge on any atom is 0.190 e. The van der Waals surface area contributed by atoms with Crippen LogP contribution in [-0.4, -0.2) is 22.3 Å². The van der Waals surface area contributed by atoms with Crippen molar-refractivity contribution >= 4 is 34.9 Å². The molecule has 0 fully saturated rings. The van der Waals surface area contributed by atoms with Gasteiger partial charge in [0.25, 0.3) is 0 Å². The van der Waals surface area contributed by atoms with Crippen molar-refractivity contribution in [2.45, 2.75) is 31.5 Å². The maximum absolute atomic E-state index is 5.98. The number of halogens is 1. The van der Waals surface area contributed by atoms with Crippen molar-refractivity contribution in [2.75, 3.05) is 11.6 Å². The van der Waals surface area contributed by atoms with Crippen LogP contribution < -0.4 is 10.1 Å². The van der Waals surface area contributed by atoms with Gasteiger partial charge >= 0.3 is 0 Å². The van der Waals surface area contributed by atoms with Crippen LogP contribution in [0, 0.1) is 0 Å². The van der Waals surface area contributed by atoms with Gasteiger partial charge in [0, 0.05) is 17.8 Å². The molecule has 0 radical (unpaired) electrons. The lowest BCUT2D eigenvalue weighted by Gasteiger charge is -2.14. The van der Waals surface area contributed by atoms with E-state index in [1.54, 1.807) is 6.07 Å². The third-order valence-corrected chi connectivity index (χ3v) is 3.62. The van der Waals surface area contributed by atoms with Gasteiger partial charge in [-0.05, 0) is 31.7 Å². The summed E-state index contributed by atoms with van der Waals surface area (Å²) in [5, 5.41) is 4.28. The van der Waals surface area contributed by atoms with E-state index in [9.17, 15) is 0 Å². The fourth-order valence-corrected chi connectivity index (χ4v) is 2.28. The van der Waals surface area contributed by atoms with Gasteiger partial charge in [-0.25, -0.2) is 9.97 Å². The molecule has 1 aromatic carbocycles. The first-order valence-electron chi connectivity index (χ1n) is 6.73. The lowest BCUT2D eigenvalue weighted by Crippen LogP contribution is -2.09. The molecule has 0 aliphatic heterocycles. The summed E-state index contributed by atoms with van der Waals surface area (Å²) in [5.74, 6) is 1.50. The number of ether oxygens (including phenoxy) is 1. The molecule has 112 valence electrons. The Morgan fingerprint density at radius 2 is 2.14 bits per heavy atom. The number of nitrogens with zero attached hydrogens (tertiary/aromatic N) is 2. The molecule has 0 aliphatic carbocycles. The van der Waals surface area contributed by atoms with Gasteiger partial charge in [0.1, 0.15) is 16.7 Å². The fourth-order valence-electron chi connectivity index (χ4n) is 1.66. The van der Waals surface area contributed by atoms with Crippen LogP contribution in [0.1, 0.15) is 20.3 Å². The molecule has 0 saturated heterocycles. The van der Waals surface area contributed by atoms with E-state index in [1.807, 2.05) is 30.5 Å². The summed E-state index contributed by atoms with van der Waals surface area (Å²) in [6.07, 6.45) is 3.07. The van der Waals surface area contributed by atoms with Gasteiger partial charge in [-0.1, -0.05) is 36.4 Å². The topological polar surface area (TPSA) is 47.0 Å². The highest BCUT2D eigenvalue weighted by atomic mass is 35.5. The number of thioether (sulfide) groups is 1. The van der Waals surface area contributed by atoms with Gasteiger partial charge in [0.05, 0.1) is 6.10 Å². The van der Waals surface area contributed by atoms with Crippen molar-refractivity contribution in [3.05, 3.63) is 35.5 Å². The third kappa shape index (κ3) is 4.79. The minimum Gasteiger partial charge on any atom is -0.491 e. The number of hydrogen-bond donors (Lipinski definition) is 1. The van der Waals surface area contributed by atoms with Gasteiger partial charge in [0.2, 0.25) is 0 Å². The average molecular weight is 324 g/mol. The summed E-state index contributed by atoms with van der Waals surface area (Å²) in [5.41, 5.74) is 0.901. The SMILES string of the molecule is CCC(C)Oc1cccc(Nc2cc(Cl)nc(SC)n2)c1. The zero-order valence-corrected chi connectivity index (χ0v) is 13.8. The lowest BCUT2D eigenvalue weighted by atomic mass is 10.2. The molecule has 1 N–H and O–H groups in total. The molecule has 4 nitrogen and oxygen atoms in total. The molecule has 2 aromatic rings. The van der Waals surface area contributed by atoms with Crippen LogP contribution in [0.15, 0.2) is 35.5 Å². The Balaban J connectivity index is 2.16. The second kappa shape index (κ2) is 7.52. The highest BCUT2D eigenvalue weighted by molar-refractivity contribution is 7.98. The van der Waals surface area contributed by atoms with Crippen molar-refractivity contribution in [1.82, 2.24) is 9.97 Å². The van der Waals surface area contributed by atoms with Gasteiger partial charge in [0.15, 0.2) is 5.16 Å². The molecular weight excluding hydrogens is 306 g/mol. The van der Waals surface area contributed by atoms with Crippen LogP contribution in [0.3, 0.4) is 0 Å². The van der Waals surface area contributed by atoms with Gasteiger partial charge in [-0.15, -0.1) is 0 Å². The molecule has 0 saturated carbocycles. The van der Waals surface area contributed by atoms with E-state index in [0.717, 1.165) is 17.9 Å². The van der Waals surface area contributed by atoms with Crippen LogP contribution in [0.2, 0.25) is 5.15 Å². The number of hydrogen-bond acceptors (Lipinski definition) is 5. The van der Waals surface area contributed by atoms with Crippen molar-refractivity contribution in [3.63, 3.8) is 0 Å². The summed E-state index contributed by atoms with van der Waals surface area (Å²) in [4.78, 5) is 8.48. The van der Waals surface area contributed by atoms with Gasteiger partial charge < -0.3 is 10.1 Å². The average Bonchev–Trinajstić information content (AvgIpc) is 2.46. The smallest absolute Gasteiger partial charge is 0.190 e. The van der Waals surface area contributed by atoms with Crippen LogP contribution in [0.4, 0.5) is 11.5 Å². The van der Waals surface area contributed by atoms with Crippen LogP contribution in [0.5, 0.6) is 5.75 Å². The first kappa shape index (κ1) is 15.9. The Kier molecular flexibility index (Phi) is 5.70. The largest absolute Gasteiger partial charge is 0.491 e. The second-order valence-electron chi connectivity index (χ2n) is 4.55. The molecule has 21 heavy (non-hydrogen) atoms. The zero-order chi connectivity index (χ0) is 15.2. The van der Waals surface area contributed by atoms with E-state index in [4.69, 9.17) is 16.3 Å². The van der Waals surface area contributed by atoms with Crippen molar-refractivity contribution < 1.29 is 4.74 Å². The molecule has 0 aliphatic rings. The predicted octanol–water partition coefficient (Wildman–Crippen LogP) is 4.77. The first-order chi connectivity index (χ1) is 10.1. The molecule has 0 bridgehead atoms. The molecule has 1 unspecified atom stereocenters. The number of aromatic nitrogens is 2. The number of benzene rings is 1. The van der Waals surface area contributed by atoms with E-state index in [0.29, 0.717) is 16.1 Å². The quantitative estimate of drug-likeness (QED) is 0.471. The Labute approximate surface area is 134 Å². The molecule has 2 rings (SSSR count). The summed E-state index contributed by atoms with van der Waals surface area (Å²) in [7, 11) is 0. The Hall–Kier alpha value is -1.46. The zero-order valence-electron chi connectivity index (χ0n) is 12.3. The molecule has 1 heterocycles. The predicted molar refractivity (Wildman–Crippen MR) is 88.9 cm³/mol. The minimum atomic E-state index is 0.192. The highest BCUT2D eigenvalue weighted by Gasteiger charge is 2.05. The summed E-state index contributed by atoms with van der Waals surface area (Å²) >= 11 is 7.44. The summed E-state index contributed by atoms with van der Waals surface area (Å²) in [6.45, 7) is 4.15. The minimum absolute atomic E-state index is 0.192. The number of anilines is 2. The molecule has 0 amide bonds. The molecule has 6 heteroatoms. The number of nitrogens with one attached hydrogen (secondary N) is 1. The summed E-state index contributed by atoms with van der Waals surface area (Å²) in [6, 6.07) is 9.48.